The van der Waals surface area contributed by atoms with Gasteiger partial charge in [0, 0.05) is 56.8 Å². The standard InChI is InChI=1S/C50H45N5O/c1-49(2,3)33-27-28-51-45(29-33)55-40-24-13-10-21-37(40)46-43(55)31-44(48-47(46)38-22-11-12-23-39(38)54(48)34-17-8-7-9-18-34)56-36-20-16-19-35(30-36)52-32-53(50(4,5)6)42-26-15-14-25-41(42)52/h7-31H,32H2,1-6H3. The second kappa shape index (κ2) is 12.5. The van der Waals surface area contributed by atoms with Gasteiger partial charge in [0.15, 0.2) is 5.75 Å². The lowest BCUT2D eigenvalue weighted by atomic mass is 9.88. The highest BCUT2D eigenvalue weighted by atomic mass is 16.5. The quantitative estimate of drug-likeness (QED) is 0.177. The summed E-state index contributed by atoms with van der Waals surface area (Å²) in [6.45, 7) is 14.3. The lowest BCUT2D eigenvalue weighted by molar-refractivity contribution is 0.487. The molecule has 9 aromatic rings. The molecule has 56 heavy (non-hydrogen) atoms. The van der Waals surface area contributed by atoms with Gasteiger partial charge in [-0.15, -0.1) is 0 Å². The van der Waals surface area contributed by atoms with Crippen molar-refractivity contribution in [1.82, 2.24) is 14.1 Å². The number of rotatable bonds is 5. The summed E-state index contributed by atoms with van der Waals surface area (Å²) >= 11 is 0. The molecule has 0 saturated carbocycles. The predicted octanol–water partition coefficient (Wildman–Crippen LogP) is 13.1. The summed E-state index contributed by atoms with van der Waals surface area (Å²) < 4.78 is 11.9. The molecule has 0 amide bonds. The van der Waals surface area contributed by atoms with Crippen LogP contribution in [0.1, 0.15) is 47.1 Å². The number of para-hydroxylation sites is 5. The molecule has 1 aliphatic heterocycles. The number of ether oxygens (including phenoxy) is 1. The third-order valence-electron chi connectivity index (χ3n) is 11.3. The van der Waals surface area contributed by atoms with Gasteiger partial charge in [-0.2, -0.15) is 0 Å². The van der Waals surface area contributed by atoms with Crippen LogP contribution in [0.4, 0.5) is 17.1 Å². The van der Waals surface area contributed by atoms with Gasteiger partial charge in [0.2, 0.25) is 0 Å². The van der Waals surface area contributed by atoms with Crippen LogP contribution in [-0.2, 0) is 5.41 Å². The largest absolute Gasteiger partial charge is 0.455 e. The normalized spacial score (nSPS) is 13.4. The van der Waals surface area contributed by atoms with Crippen molar-refractivity contribution in [3.05, 3.63) is 157 Å². The Bertz CT molecular complexity index is 2960. The van der Waals surface area contributed by atoms with Crippen molar-refractivity contribution < 1.29 is 4.74 Å². The molecule has 0 radical (unpaired) electrons. The summed E-state index contributed by atoms with van der Waals surface area (Å²) in [6, 6.07) is 51.9. The number of hydrogen-bond acceptors (Lipinski definition) is 4. The van der Waals surface area contributed by atoms with Gasteiger partial charge in [0.05, 0.1) is 40.1 Å². The van der Waals surface area contributed by atoms with Crippen molar-refractivity contribution in [3.63, 3.8) is 0 Å². The molecular weight excluding hydrogens is 687 g/mol. The molecule has 6 heteroatoms. The maximum absolute atomic E-state index is 7.24. The number of anilines is 3. The van der Waals surface area contributed by atoms with Crippen LogP contribution in [0.2, 0.25) is 0 Å². The fourth-order valence-corrected chi connectivity index (χ4v) is 8.61. The molecule has 0 fully saturated rings. The summed E-state index contributed by atoms with van der Waals surface area (Å²) in [6.07, 6.45) is 1.94. The van der Waals surface area contributed by atoms with Crippen molar-refractivity contribution in [2.24, 2.45) is 0 Å². The van der Waals surface area contributed by atoms with Gasteiger partial charge in [0.1, 0.15) is 11.6 Å². The van der Waals surface area contributed by atoms with E-state index in [1.165, 1.54) is 33.1 Å². The average Bonchev–Trinajstić information content (AvgIpc) is 3.87. The van der Waals surface area contributed by atoms with Crippen molar-refractivity contribution in [2.45, 2.75) is 52.5 Å². The predicted molar refractivity (Wildman–Crippen MR) is 234 cm³/mol. The first-order chi connectivity index (χ1) is 27.1. The summed E-state index contributed by atoms with van der Waals surface area (Å²) in [5, 5.41) is 4.69. The summed E-state index contributed by atoms with van der Waals surface area (Å²) in [7, 11) is 0. The molecule has 3 aromatic heterocycles. The summed E-state index contributed by atoms with van der Waals surface area (Å²) in [5.41, 5.74) is 10.1. The first kappa shape index (κ1) is 34.0. The molecule has 0 saturated heterocycles. The number of nitrogens with zero attached hydrogens (tertiary/aromatic N) is 5. The van der Waals surface area contributed by atoms with Crippen LogP contribution in [0.5, 0.6) is 11.5 Å². The van der Waals surface area contributed by atoms with Gasteiger partial charge < -0.3 is 19.1 Å². The van der Waals surface area contributed by atoms with Crippen LogP contribution in [0, 0.1) is 0 Å². The molecule has 1 aliphatic rings. The van der Waals surface area contributed by atoms with E-state index in [0.717, 1.165) is 62.8 Å². The Kier molecular flexibility index (Phi) is 7.59. The SMILES string of the molecule is CC(C)(C)c1ccnc(-n2c3ccccc3c3c4c5ccccc5n(-c5ccccc5)c4c(Oc4cccc(N5CN(C(C)(C)C)c6ccccc65)c4)cc32)c1. The topological polar surface area (TPSA) is 38.5 Å². The van der Waals surface area contributed by atoms with E-state index >= 15 is 0 Å². The first-order valence-corrected chi connectivity index (χ1v) is 19.5. The molecule has 0 unspecified atom stereocenters. The minimum absolute atomic E-state index is 0.0358. The fourth-order valence-electron chi connectivity index (χ4n) is 8.61. The molecule has 6 aromatic carbocycles. The fraction of sp³-hybridized carbons (Fsp3) is 0.180. The minimum atomic E-state index is -0.0372. The Balaban J connectivity index is 1.25. The van der Waals surface area contributed by atoms with Crippen LogP contribution in [-0.4, -0.2) is 26.3 Å². The first-order valence-electron chi connectivity index (χ1n) is 19.5. The zero-order chi connectivity index (χ0) is 38.3. The lowest BCUT2D eigenvalue weighted by Gasteiger charge is -2.34. The average molecular weight is 732 g/mol. The number of hydrogen-bond donors (Lipinski definition) is 0. The van der Waals surface area contributed by atoms with Gasteiger partial charge in [0.25, 0.3) is 0 Å². The highest BCUT2D eigenvalue weighted by Gasteiger charge is 2.33. The van der Waals surface area contributed by atoms with E-state index < -0.39 is 0 Å². The van der Waals surface area contributed by atoms with E-state index in [1.54, 1.807) is 0 Å². The third-order valence-corrected chi connectivity index (χ3v) is 11.3. The Labute approximate surface area is 327 Å². The van der Waals surface area contributed by atoms with Crippen molar-refractivity contribution in [3.8, 4) is 23.0 Å². The second-order valence-corrected chi connectivity index (χ2v) is 16.9. The van der Waals surface area contributed by atoms with Crippen molar-refractivity contribution in [2.75, 3.05) is 16.5 Å². The molecule has 6 nitrogen and oxygen atoms in total. The van der Waals surface area contributed by atoms with Crippen molar-refractivity contribution in [1.29, 1.82) is 0 Å². The molecule has 0 atom stereocenters. The molecule has 0 aliphatic carbocycles. The Hall–Kier alpha value is -6.53. The molecule has 0 N–H and O–H groups in total. The number of aromatic nitrogens is 3. The second-order valence-electron chi connectivity index (χ2n) is 16.9. The van der Waals surface area contributed by atoms with E-state index in [9.17, 15) is 0 Å². The number of pyridine rings is 1. The highest BCUT2D eigenvalue weighted by molar-refractivity contribution is 6.30. The molecule has 276 valence electrons. The summed E-state index contributed by atoms with van der Waals surface area (Å²) in [5.74, 6) is 2.44. The third kappa shape index (κ3) is 5.35. The Morgan fingerprint density at radius 2 is 1.20 bits per heavy atom. The van der Waals surface area contributed by atoms with Crippen LogP contribution in [0.3, 0.4) is 0 Å². The lowest BCUT2D eigenvalue weighted by Crippen LogP contribution is -2.42. The summed E-state index contributed by atoms with van der Waals surface area (Å²) in [4.78, 5) is 9.86. The van der Waals surface area contributed by atoms with Gasteiger partial charge in [-0.25, -0.2) is 4.98 Å². The molecule has 0 spiro atoms. The maximum Gasteiger partial charge on any atom is 0.154 e. The number of fused-ring (bicyclic) bond motifs is 8. The molecular formula is C50H45N5O. The van der Waals surface area contributed by atoms with Gasteiger partial charge in [-0.05, 0) is 92.4 Å². The highest BCUT2D eigenvalue weighted by Crippen LogP contribution is 2.48. The van der Waals surface area contributed by atoms with Crippen LogP contribution in [0.25, 0.3) is 55.1 Å². The van der Waals surface area contributed by atoms with E-state index in [1.807, 2.05) is 6.20 Å². The van der Waals surface area contributed by atoms with Crippen LogP contribution < -0.4 is 14.5 Å². The number of benzene rings is 6. The monoisotopic (exact) mass is 731 g/mol. The van der Waals surface area contributed by atoms with Gasteiger partial charge >= 0.3 is 0 Å². The van der Waals surface area contributed by atoms with Gasteiger partial charge in [-0.1, -0.05) is 93.6 Å². The molecule has 4 heterocycles. The van der Waals surface area contributed by atoms with Crippen LogP contribution >= 0.6 is 0 Å². The Morgan fingerprint density at radius 3 is 1.93 bits per heavy atom. The van der Waals surface area contributed by atoms with E-state index in [2.05, 4.69) is 206 Å². The smallest absolute Gasteiger partial charge is 0.154 e. The van der Waals surface area contributed by atoms with Crippen LogP contribution in [0.15, 0.2) is 152 Å². The van der Waals surface area contributed by atoms with E-state index in [4.69, 9.17) is 9.72 Å². The van der Waals surface area contributed by atoms with E-state index in [0.29, 0.717) is 0 Å². The van der Waals surface area contributed by atoms with Crippen molar-refractivity contribution >= 4 is 60.7 Å². The maximum atomic E-state index is 7.24. The zero-order valence-electron chi connectivity index (χ0n) is 32.8. The zero-order valence-corrected chi connectivity index (χ0v) is 32.8. The van der Waals surface area contributed by atoms with Gasteiger partial charge in [-0.3, -0.25) is 4.57 Å². The molecule has 0 bridgehead atoms. The van der Waals surface area contributed by atoms with E-state index in [-0.39, 0.29) is 11.0 Å². The molecule has 10 rings (SSSR count). The Morgan fingerprint density at radius 1 is 0.554 bits per heavy atom. The minimum Gasteiger partial charge on any atom is -0.455 e.